The number of hydrogen-bond acceptors (Lipinski definition) is 2. The summed E-state index contributed by atoms with van der Waals surface area (Å²) in [6.45, 7) is 6.38. The lowest BCUT2D eigenvalue weighted by molar-refractivity contribution is 0.181. The molecule has 2 heteroatoms. The number of nitrogens with one attached hydrogen (secondary N) is 1. The summed E-state index contributed by atoms with van der Waals surface area (Å²) in [4.78, 5) is 0. The van der Waals surface area contributed by atoms with Gasteiger partial charge in [-0.15, -0.1) is 0 Å². The molecule has 2 atom stereocenters. The molecule has 2 rings (SSSR count). The first-order valence-electron chi connectivity index (χ1n) is 7.53. The van der Waals surface area contributed by atoms with E-state index >= 15 is 0 Å². The molecule has 0 amide bonds. The van der Waals surface area contributed by atoms with Gasteiger partial charge in [-0.1, -0.05) is 38.1 Å². The second-order valence-electron chi connectivity index (χ2n) is 6.05. The van der Waals surface area contributed by atoms with E-state index in [2.05, 4.69) is 50.5 Å². The van der Waals surface area contributed by atoms with E-state index < -0.39 is 0 Å². The lowest BCUT2D eigenvalue weighted by atomic mass is 9.93. The highest BCUT2D eigenvalue weighted by atomic mass is 16.5. The van der Waals surface area contributed by atoms with Crippen LogP contribution in [0.15, 0.2) is 24.3 Å². The van der Waals surface area contributed by atoms with Gasteiger partial charge >= 0.3 is 0 Å². The molecule has 0 aliphatic carbocycles. The molecule has 2 unspecified atom stereocenters. The zero-order valence-corrected chi connectivity index (χ0v) is 12.5. The minimum absolute atomic E-state index is 0.566. The Morgan fingerprint density at radius 2 is 2.00 bits per heavy atom. The Kier molecular flexibility index (Phi) is 5.41. The van der Waals surface area contributed by atoms with E-state index in [1.54, 1.807) is 0 Å². The Balaban J connectivity index is 1.89. The maximum absolute atomic E-state index is 5.47. The van der Waals surface area contributed by atoms with Gasteiger partial charge in [0.15, 0.2) is 0 Å². The fourth-order valence-electron chi connectivity index (χ4n) is 2.80. The molecule has 2 nitrogen and oxygen atoms in total. The van der Waals surface area contributed by atoms with Crippen LogP contribution in [0.5, 0.6) is 0 Å². The molecule has 0 saturated carbocycles. The molecule has 1 aromatic rings. The van der Waals surface area contributed by atoms with E-state index in [0.717, 1.165) is 25.6 Å². The van der Waals surface area contributed by atoms with Gasteiger partial charge in [-0.25, -0.2) is 0 Å². The maximum atomic E-state index is 5.47. The van der Waals surface area contributed by atoms with E-state index in [0.29, 0.717) is 12.0 Å². The zero-order valence-electron chi connectivity index (χ0n) is 12.5. The van der Waals surface area contributed by atoms with E-state index in [-0.39, 0.29) is 0 Å². The van der Waals surface area contributed by atoms with Gasteiger partial charge in [-0.3, -0.25) is 0 Å². The molecule has 0 bridgehead atoms. The second kappa shape index (κ2) is 7.06. The highest BCUT2D eigenvalue weighted by Gasteiger charge is 2.20. The molecule has 106 valence electrons. The first-order chi connectivity index (χ1) is 9.19. The van der Waals surface area contributed by atoms with Crippen LogP contribution in [0.1, 0.15) is 43.7 Å². The van der Waals surface area contributed by atoms with Crippen molar-refractivity contribution in [2.75, 3.05) is 20.3 Å². The molecule has 0 radical (unpaired) electrons. The predicted octanol–water partition coefficient (Wildman–Crippen LogP) is 3.37. The first kappa shape index (κ1) is 14.5. The normalized spacial score (nSPS) is 20.9. The van der Waals surface area contributed by atoms with E-state index in [1.807, 2.05) is 0 Å². The van der Waals surface area contributed by atoms with Crippen molar-refractivity contribution in [2.24, 2.45) is 5.92 Å². The topological polar surface area (TPSA) is 21.3 Å². The van der Waals surface area contributed by atoms with Crippen LogP contribution in [0.3, 0.4) is 0 Å². The maximum Gasteiger partial charge on any atom is 0.0495 e. The van der Waals surface area contributed by atoms with E-state index in [9.17, 15) is 0 Å². The molecular formula is C17H27NO. The van der Waals surface area contributed by atoms with Gasteiger partial charge < -0.3 is 10.1 Å². The molecule has 1 aromatic carbocycles. The van der Waals surface area contributed by atoms with Crippen molar-refractivity contribution in [1.29, 1.82) is 0 Å². The Morgan fingerprint density at radius 3 is 2.53 bits per heavy atom. The lowest BCUT2D eigenvalue weighted by Gasteiger charge is -2.19. The van der Waals surface area contributed by atoms with Crippen LogP contribution in [-0.4, -0.2) is 26.3 Å². The van der Waals surface area contributed by atoms with Gasteiger partial charge in [0.25, 0.3) is 0 Å². The predicted molar refractivity (Wildman–Crippen MR) is 80.6 cm³/mol. The van der Waals surface area contributed by atoms with Crippen molar-refractivity contribution in [3.05, 3.63) is 35.4 Å². The van der Waals surface area contributed by atoms with Crippen LogP contribution in [0.2, 0.25) is 0 Å². The van der Waals surface area contributed by atoms with Crippen LogP contribution in [0.4, 0.5) is 0 Å². The lowest BCUT2D eigenvalue weighted by Crippen LogP contribution is -2.30. The Morgan fingerprint density at radius 1 is 1.26 bits per heavy atom. The summed E-state index contributed by atoms with van der Waals surface area (Å²) in [6.07, 6.45) is 3.57. The summed E-state index contributed by atoms with van der Waals surface area (Å²) in [5.41, 5.74) is 2.86. The number of rotatable bonds is 6. The number of hydrogen-bond donors (Lipinski definition) is 1. The molecule has 19 heavy (non-hydrogen) atoms. The molecule has 1 N–H and O–H groups in total. The quantitative estimate of drug-likeness (QED) is 0.847. The highest BCUT2D eigenvalue weighted by molar-refractivity contribution is 5.25. The van der Waals surface area contributed by atoms with Crippen LogP contribution in [0, 0.1) is 5.92 Å². The third kappa shape index (κ3) is 4.32. The van der Waals surface area contributed by atoms with Crippen molar-refractivity contribution >= 4 is 0 Å². The summed E-state index contributed by atoms with van der Waals surface area (Å²) in [7, 11) is 2.07. The number of benzene rings is 1. The molecule has 1 saturated heterocycles. The molecule has 1 heterocycles. The number of likely N-dealkylation sites (N-methyl/N-ethyl adjacent to an activating group) is 1. The molecule has 0 spiro atoms. The first-order valence-corrected chi connectivity index (χ1v) is 7.53. The molecule has 1 aliphatic heterocycles. The Hall–Kier alpha value is -0.860. The van der Waals surface area contributed by atoms with Crippen molar-refractivity contribution in [3.8, 4) is 0 Å². The van der Waals surface area contributed by atoms with Gasteiger partial charge in [0.2, 0.25) is 0 Å². The molecule has 1 aliphatic rings. The fourth-order valence-corrected chi connectivity index (χ4v) is 2.80. The molecular weight excluding hydrogens is 234 g/mol. The average molecular weight is 261 g/mol. The largest absolute Gasteiger partial charge is 0.381 e. The van der Waals surface area contributed by atoms with Crippen LogP contribution in [0.25, 0.3) is 0 Å². The SMILES string of the molecule is CNC(Cc1ccc(C(C)C)cc1)CC1CCOC1. The Labute approximate surface area is 117 Å². The summed E-state index contributed by atoms with van der Waals surface area (Å²) in [6, 6.07) is 9.67. The van der Waals surface area contributed by atoms with Crippen LogP contribution in [-0.2, 0) is 11.2 Å². The van der Waals surface area contributed by atoms with Crippen LogP contribution < -0.4 is 5.32 Å². The van der Waals surface area contributed by atoms with E-state index in [1.165, 1.54) is 24.0 Å². The monoisotopic (exact) mass is 261 g/mol. The average Bonchev–Trinajstić information content (AvgIpc) is 2.91. The minimum atomic E-state index is 0.566. The summed E-state index contributed by atoms with van der Waals surface area (Å²) in [5, 5.41) is 3.46. The van der Waals surface area contributed by atoms with Gasteiger partial charge in [0.05, 0.1) is 0 Å². The standard InChI is InChI=1S/C17H27NO/c1-13(2)16-6-4-14(5-7-16)10-17(18-3)11-15-8-9-19-12-15/h4-7,13,15,17-18H,8-12H2,1-3H3. The smallest absolute Gasteiger partial charge is 0.0495 e. The van der Waals surface area contributed by atoms with Gasteiger partial charge in [-0.05, 0) is 49.3 Å². The third-order valence-corrected chi connectivity index (χ3v) is 4.18. The third-order valence-electron chi connectivity index (χ3n) is 4.18. The summed E-state index contributed by atoms with van der Waals surface area (Å²) < 4.78 is 5.47. The van der Waals surface area contributed by atoms with Gasteiger partial charge in [0, 0.05) is 19.3 Å². The van der Waals surface area contributed by atoms with Gasteiger partial charge in [-0.2, -0.15) is 0 Å². The Bertz CT molecular complexity index is 365. The van der Waals surface area contributed by atoms with E-state index in [4.69, 9.17) is 4.74 Å². The van der Waals surface area contributed by atoms with Crippen molar-refractivity contribution < 1.29 is 4.74 Å². The summed E-state index contributed by atoms with van der Waals surface area (Å²) >= 11 is 0. The van der Waals surface area contributed by atoms with Crippen molar-refractivity contribution in [3.63, 3.8) is 0 Å². The summed E-state index contributed by atoms with van der Waals surface area (Å²) in [5.74, 6) is 1.36. The van der Waals surface area contributed by atoms with Crippen molar-refractivity contribution in [2.45, 2.75) is 45.1 Å². The zero-order chi connectivity index (χ0) is 13.7. The van der Waals surface area contributed by atoms with Gasteiger partial charge in [0.1, 0.15) is 0 Å². The minimum Gasteiger partial charge on any atom is -0.381 e. The molecule has 0 aromatic heterocycles. The van der Waals surface area contributed by atoms with Crippen LogP contribution >= 0.6 is 0 Å². The fraction of sp³-hybridized carbons (Fsp3) is 0.647. The molecule has 1 fully saturated rings. The van der Waals surface area contributed by atoms with Crippen molar-refractivity contribution in [1.82, 2.24) is 5.32 Å². The highest BCUT2D eigenvalue weighted by Crippen LogP contribution is 2.21. The number of ether oxygens (including phenoxy) is 1. The second-order valence-corrected chi connectivity index (χ2v) is 6.05.